The summed E-state index contributed by atoms with van der Waals surface area (Å²) in [7, 11) is 0. The van der Waals surface area contributed by atoms with Gasteiger partial charge < -0.3 is 4.74 Å². The number of ether oxygens (including phenoxy) is 1. The van der Waals surface area contributed by atoms with Gasteiger partial charge in [-0.1, -0.05) is 12.5 Å². The smallest absolute Gasteiger partial charge is 0.331 e. The molecule has 138 valence electrons. The summed E-state index contributed by atoms with van der Waals surface area (Å²) in [5.41, 5.74) is 1.35. The van der Waals surface area contributed by atoms with Gasteiger partial charge in [-0.15, -0.1) is 0 Å². The standard InChI is InChI=1S/C23H28O3/c1-2-22-8-5-15-14-4-3-13(24)11-16(14)17-12-18(17)21(15)19(22)6-9-23(22)10-7-20(25)26-23/h7,10-11,14-15,17-19,21H,2-6,8-9,12H2,1H3. The molecule has 0 aromatic heterocycles. The molecular weight excluding hydrogens is 324 g/mol. The Morgan fingerprint density at radius 3 is 2.77 bits per heavy atom. The zero-order valence-corrected chi connectivity index (χ0v) is 15.6. The van der Waals surface area contributed by atoms with Crippen molar-refractivity contribution in [1.82, 2.24) is 0 Å². The average Bonchev–Trinajstić information content (AvgIpc) is 3.27. The van der Waals surface area contributed by atoms with Crippen LogP contribution in [-0.4, -0.2) is 17.4 Å². The van der Waals surface area contributed by atoms with Gasteiger partial charge in [-0.2, -0.15) is 0 Å². The van der Waals surface area contributed by atoms with Crippen LogP contribution in [0.3, 0.4) is 0 Å². The predicted octanol–water partition coefficient (Wildman–Crippen LogP) is 4.23. The molecule has 1 heterocycles. The molecule has 4 fully saturated rings. The molecule has 5 aliphatic carbocycles. The number of carbonyl (C=O) groups is 2. The fourth-order valence-electron chi connectivity index (χ4n) is 8.45. The van der Waals surface area contributed by atoms with E-state index in [0.717, 1.165) is 43.4 Å². The minimum Gasteiger partial charge on any atom is -0.451 e. The van der Waals surface area contributed by atoms with E-state index in [1.54, 1.807) is 6.08 Å². The van der Waals surface area contributed by atoms with Crippen molar-refractivity contribution in [2.24, 2.45) is 40.9 Å². The molecule has 3 heteroatoms. The van der Waals surface area contributed by atoms with Crippen molar-refractivity contribution in [1.29, 1.82) is 0 Å². The third-order valence-electron chi connectivity index (χ3n) is 9.40. The van der Waals surface area contributed by atoms with Crippen LogP contribution in [0.1, 0.15) is 58.3 Å². The first-order valence-electron chi connectivity index (χ1n) is 10.7. The van der Waals surface area contributed by atoms with Gasteiger partial charge in [-0.05, 0) is 92.6 Å². The summed E-state index contributed by atoms with van der Waals surface area (Å²) in [6.45, 7) is 2.32. The summed E-state index contributed by atoms with van der Waals surface area (Å²) in [6.07, 6.45) is 14.7. The molecule has 1 spiro atoms. The Morgan fingerprint density at radius 1 is 1.12 bits per heavy atom. The highest BCUT2D eigenvalue weighted by Crippen LogP contribution is 2.73. The van der Waals surface area contributed by atoms with Crippen LogP contribution in [0.15, 0.2) is 23.8 Å². The van der Waals surface area contributed by atoms with Crippen molar-refractivity contribution < 1.29 is 14.3 Å². The van der Waals surface area contributed by atoms with Gasteiger partial charge in [0.15, 0.2) is 5.78 Å². The summed E-state index contributed by atoms with van der Waals surface area (Å²) in [5, 5.41) is 0. The predicted molar refractivity (Wildman–Crippen MR) is 97.0 cm³/mol. The highest BCUT2D eigenvalue weighted by atomic mass is 16.6. The first-order valence-corrected chi connectivity index (χ1v) is 10.7. The van der Waals surface area contributed by atoms with Crippen molar-refractivity contribution >= 4 is 11.8 Å². The van der Waals surface area contributed by atoms with E-state index >= 15 is 0 Å². The molecule has 0 bridgehead atoms. The zero-order chi connectivity index (χ0) is 17.7. The van der Waals surface area contributed by atoms with Gasteiger partial charge in [0.2, 0.25) is 0 Å². The number of rotatable bonds is 1. The number of ketones is 1. The maximum absolute atomic E-state index is 12.0. The Kier molecular flexibility index (Phi) is 2.96. The van der Waals surface area contributed by atoms with Gasteiger partial charge in [-0.25, -0.2) is 4.79 Å². The van der Waals surface area contributed by atoms with E-state index in [4.69, 9.17) is 4.74 Å². The summed E-state index contributed by atoms with van der Waals surface area (Å²) < 4.78 is 6.02. The topological polar surface area (TPSA) is 43.4 Å². The Bertz CT molecular complexity index is 763. The highest BCUT2D eigenvalue weighted by Gasteiger charge is 2.70. The first kappa shape index (κ1) is 15.7. The van der Waals surface area contributed by atoms with Gasteiger partial charge in [0, 0.05) is 17.9 Å². The van der Waals surface area contributed by atoms with Crippen molar-refractivity contribution in [3.05, 3.63) is 23.8 Å². The molecule has 6 aliphatic rings. The fourth-order valence-corrected chi connectivity index (χ4v) is 8.45. The number of hydrogen-bond acceptors (Lipinski definition) is 3. The molecule has 0 saturated heterocycles. The number of hydrogen-bond donors (Lipinski definition) is 0. The highest BCUT2D eigenvalue weighted by molar-refractivity contribution is 5.91. The lowest BCUT2D eigenvalue weighted by molar-refractivity contribution is -0.165. The first-order chi connectivity index (χ1) is 12.6. The van der Waals surface area contributed by atoms with Gasteiger partial charge in [0.25, 0.3) is 0 Å². The molecule has 0 N–H and O–H groups in total. The van der Waals surface area contributed by atoms with Crippen LogP contribution in [0.25, 0.3) is 0 Å². The Morgan fingerprint density at radius 2 is 2.00 bits per heavy atom. The molecule has 3 nitrogen and oxygen atoms in total. The van der Waals surface area contributed by atoms with Crippen molar-refractivity contribution in [2.45, 2.75) is 63.9 Å². The summed E-state index contributed by atoms with van der Waals surface area (Å²) in [5.74, 6) is 4.62. The Hall–Kier alpha value is -1.38. The summed E-state index contributed by atoms with van der Waals surface area (Å²) >= 11 is 0. The van der Waals surface area contributed by atoms with Crippen LogP contribution in [-0.2, 0) is 14.3 Å². The minimum atomic E-state index is -0.322. The second-order valence-electron chi connectivity index (χ2n) is 9.84. The normalized spacial score (nSPS) is 53.5. The van der Waals surface area contributed by atoms with Gasteiger partial charge in [0.1, 0.15) is 5.60 Å². The lowest BCUT2D eigenvalue weighted by Crippen LogP contribution is -2.54. The maximum Gasteiger partial charge on any atom is 0.331 e. The molecular formula is C23H28O3. The van der Waals surface area contributed by atoms with E-state index in [9.17, 15) is 9.59 Å². The SMILES string of the molecule is CCC12CCC3C4CCC(=O)C=C4C4CC4C3C1CCC21C=CC(=O)O1. The van der Waals surface area contributed by atoms with E-state index in [0.29, 0.717) is 23.5 Å². The largest absolute Gasteiger partial charge is 0.451 e. The molecule has 0 radical (unpaired) electrons. The molecule has 26 heavy (non-hydrogen) atoms. The number of carbonyl (C=O) groups excluding carboxylic acids is 2. The monoisotopic (exact) mass is 352 g/mol. The van der Waals surface area contributed by atoms with Crippen LogP contribution < -0.4 is 0 Å². The minimum absolute atomic E-state index is 0.135. The molecule has 6 rings (SSSR count). The van der Waals surface area contributed by atoms with Gasteiger partial charge >= 0.3 is 5.97 Å². The second kappa shape index (κ2) is 4.91. The van der Waals surface area contributed by atoms with Crippen LogP contribution in [0.5, 0.6) is 0 Å². The van der Waals surface area contributed by atoms with Crippen molar-refractivity contribution in [3.63, 3.8) is 0 Å². The second-order valence-corrected chi connectivity index (χ2v) is 9.84. The quantitative estimate of drug-likeness (QED) is 0.664. The van der Waals surface area contributed by atoms with Crippen LogP contribution in [0.2, 0.25) is 0 Å². The molecule has 0 aromatic carbocycles. The molecule has 0 aromatic rings. The van der Waals surface area contributed by atoms with Gasteiger partial charge in [-0.3, -0.25) is 4.79 Å². The third-order valence-corrected chi connectivity index (χ3v) is 9.40. The summed E-state index contributed by atoms with van der Waals surface area (Å²) in [6, 6.07) is 0. The number of fused-ring (bicyclic) bond motifs is 9. The maximum atomic E-state index is 12.0. The van der Waals surface area contributed by atoms with E-state index in [2.05, 4.69) is 13.0 Å². The molecule has 8 atom stereocenters. The summed E-state index contributed by atoms with van der Waals surface area (Å²) in [4.78, 5) is 24.0. The van der Waals surface area contributed by atoms with Gasteiger partial charge in [0.05, 0.1) is 0 Å². The Balaban J connectivity index is 1.40. The molecule has 8 unspecified atom stereocenters. The average molecular weight is 352 g/mol. The van der Waals surface area contributed by atoms with E-state index in [1.165, 1.54) is 31.3 Å². The van der Waals surface area contributed by atoms with E-state index < -0.39 is 0 Å². The third kappa shape index (κ3) is 1.71. The van der Waals surface area contributed by atoms with Crippen molar-refractivity contribution in [3.8, 4) is 0 Å². The van der Waals surface area contributed by atoms with Crippen LogP contribution in [0.4, 0.5) is 0 Å². The number of allylic oxidation sites excluding steroid dienone is 1. The number of esters is 1. The zero-order valence-electron chi connectivity index (χ0n) is 15.6. The fraction of sp³-hybridized carbons (Fsp3) is 0.739. The molecule has 1 aliphatic heterocycles. The van der Waals surface area contributed by atoms with Crippen LogP contribution >= 0.6 is 0 Å². The lowest BCUT2D eigenvalue weighted by atomic mass is 9.49. The molecule has 4 saturated carbocycles. The van der Waals surface area contributed by atoms with Crippen LogP contribution in [0, 0.1) is 40.9 Å². The van der Waals surface area contributed by atoms with E-state index in [1.807, 2.05) is 6.08 Å². The molecule has 0 amide bonds. The lowest BCUT2D eigenvalue weighted by Gasteiger charge is -2.56. The Labute approximate surface area is 155 Å². The van der Waals surface area contributed by atoms with Crippen molar-refractivity contribution in [2.75, 3.05) is 0 Å². The van der Waals surface area contributed by atoms with E-state index in [-0.39, 0.29) is 17.0 Å².